The average molecular weight is 259 g/mol. The lowest BCUT2D eigenvalue weighted by Crippen LogP contribution is -2.33. The van der Waals surface area contributed by atoms with E-state index in [-0.39, 0.29) is 12.1 Å². The lowest BCUT2D eigenvalue weighted by molar-refractivity contribution is 0.206. The summed E-state index contributed by atoms with van der Waals surface area (Å²) in [6.07, 6.45) is 2.41. The summed E-state index contributed by atoms with van der Waals surface area (Å²) in [5.41, 5.74) is 5.74. The van der Waals surface area contributed by atoms with Gasteiger partial charge in [-0.3, -0.25) is 0 Å². The highest BCUT2D eigenvalue weighted by Crippen LogP contribution is 2.31. The van der Waals surface area contributed by atoms with Gasteiger partial charge in [-0.2, -0.15) is 4.99 Å². The number of amidine groups is 1. The number of aliphatic imine (C=N–C) groups is 1. The number of rotatable bonds is 3. The standard InChI is InChI=1S/C9H11ClN4OS/c1-2-3-14-6(7(11)13-9(14)15)8-12-4-5(10)16-8/h4,6H,2-3H2,1H3,(H2,11,13,15). The molecule has 1 unspecified atom stereocenters. The molecule has 0 fully saturated rings. The number of nitrogens with two attached hydrogens (primary N) is 1. The van der Waals surface area contributed by atoms with Crippen molar-refractivity contribution in [3.8, 4) is 0 Å². The number of amides is 2. The van der Waals surface area contributed by atoms with Crippen LogP contribution in [0.4, 0.5) is 4.79 Å². The lowest BCUT2D eigenvalue weighted by atomic mass is 10.2. The van der Waals surface area contributed by atoms with Gasteiger partial charge in [0.15, 0.2) is 0 Å². The number of carbonyl (C=O) groups excluding carboxylic acids is 1. The van der Waals surface area contributed by atoms with Crippen LogP contribution in [0.5, 0.6) is 0 Å². The van der Waals surface area contributed by atoms with Gasteiger partial charge in [-0.15, -0.1) is 11.3 Å². The second-order valence-corrected chi connectivity index (χ2v) is 5.11. The van der Waals surface area contributed by atoms with Crippen LogP contribution >= 0.6 is 22.9 Å². The van der Waals surface area contributed by atoms with Gasteiger partial charge in [-0.05, 0) is 6.42 Å². The van der Waals surface area contributed by atoms with Gasteiger partial charge in [0, 0.05) is 6.54 Å². The molecule has 7 heteroatoms. The van der Waals surface area contributed by atoms with Gasteiger partial charge < -0.3 is 10.6 Å². The predicted molar refractivity (Wildman–Crippen MR) is 63.9 cm³/mol. The summed E-state index contributed by atoms with van der Waals surface area (Å²) in [4.78, 5) is 21.1. The molecular weight excluding hydrogens is 248 g/mol. The molecule has 0 saturated heterocycles. The van der Waals surface area contributed by atoms with Crippen molar-refractivity contribution in [1.29, 1.82) is 0 Å². The van der Waals surface area contributed by atoms with E-state index in [0.717, 1.165) is 6.42 Å². The quantitative estimate of drug-likeness (QED) is 0.902. The summed E-state index contributed by atoms with van der Waals surface area (Å²) in [6.45, 7) is 2.61. The van der Waals surface area contributed by atoms with Crippen LogP contribution in [0.3, 0.4) is 0 Å². The van der Waals surface area contributed by atoms with Gasteiger partial charge in [0.2, 0.25) is 0 Å². The third kappa shape index (κ3) is 1.90. The minimum atomic E-state index is -0.343. The third-order valence-electron chi connectivity index (χ3n) is 2.26. The van der Waals surface area contributed by atoms with E-state index in [1.165, 1.54) is 11.3 Å². The third-order valence-corrected chi connectivity index (χ3v) is 3.42. The molecule has 1 aromatic heterocycles. The Morgan fingerprint density at radius 3 is 3.00 bits per heavy atom. The number of nitrogens with zero attached hydrogens (tertiary/aromatic N) is 3. The molecule has 1 aliphatic heterocycles. The Hall–Kier alpha value is -1.14. The minimum absolute atomic E-state index is 0.296. The second kappa shape index (κ2) is 4.39. The van der Waals surface area contributed by atoms with Crippen molar-refractivity contribution >= 4 is 34.8 Å². The van der Waals surface area contributed by atoms with E-state index < -0.39 is 0 Å². The second-order valence-electron chi connectivity index (χ2n) is 3.42. The summed E-state index contributed by atoms with van der Waals surface area (Å²) >= 11 is 7.14. The Morgan fingerprint density at radius 2 is 2.44 bits per heavy atom. The first kappa shape index (κ1) is 11.3. The largest absolute Gasteiger partial charge is 0.385 e. The maximum atomic E-state index is 11.6. The van der Waals surface area contributed by atoms with E-state index in [2.05, 4.69) is 9.98 Å². The molecule has 16 heavy (non-hydrogen) atoms. The molecule has 2 heterocycles. The fourth-order valence-electron chi connectivity index (χ4n) is 1.62. The first-order valence-electron chi connectivity index (χ1n) is 4.89. The normalized spacial score (nSPS) is 20.4. The van der Waals surface area contributed by atoms with Crippen LogP contribution in [0.2, 0.25) is 4.34 Å². The van der Waals surface area contributed by atoms with Gasteiger partial charge in [0.05, 0.1) is 6.20 Å². The van der Waals surface area contributed by atoms with Crippen LogP contribution < -0.4 is 5.73 Å². The Balaban J connectivity index is 2.30. The van der Waals surface area contributed by atoms with Crippen molar-refractivity contribution < 1.29 is 4.79 Å². The monoisotopic (exact) mass is 258 g/mol. The molecule has 2 amide bonds. The highest BCUT2D eigenvalue weighted by molar-refractivity contribution is 7.16. The summed E-state index contributed by atoms with van der Waals surface area (Å²) in [5.74, 6) is 0.296. The molecule has 1 atom stereocenters. The highest BCUT2D eigenvalue weighted by Gasteiger charge is 2.35. The van der Waals surface area contributed by atoms with E-state index >= 15 is 0 Å². The van der Waals surface area contributed by atoms with Crippen LogP contribution in [-0.4, -0.2) is 28.3 Å². The van der Waals surface area contributed by atoms with Crippen molar-refractivity contribution in [3.63, 3.8) is 0 Å². The van der Waals surface area contributed by atoms with Gasteiger partial charge in [-0.1, -0.05) is 18.5 Å². The summed E-state index contributed by atoms with van der Waals surface area (Å²) in [6, 6.07) is -0.638. The summed E-state index contributed by atoms with van der Waals surface area (Å²) in [5, 5.41) is 0.713. The van der Waals surface area contributed by atoms with Crippen molar-refractivity contribution in [2.45, 2.75) is 19.4 Å². The number of thiazole rings is 1. The van der Waals surface area contributed by atoms with Crippen molar-refractivity contribution in [1.82, 2.24) is 9.88 Å². The molecule has 0 bridgehead atoms. The minimum Gasteiger partial charge on any atom is -0.385 e. The van der Waals surface area contributed by atoms with Crippen LogP contribution in [0.15, 0.2) is 11.2 Å². The van der Waals surface area contributed by atoms with Crippen LogP contribution in [0, 0.1) is 0 Å². The van der Waals surface area contributed by atoms with E-state index in [4.69, 9.17) is 17.3 Å². The van der Waals surface area contributed by atoms with Gasteiger partial charge >= 0.3 is 6.03 Å². The molecule has 1 aliphatic rings. The zero-order chi connectivity index (χ0) is 11.7. The maximum absolute atomic E-state index is 11.6. The van der Waals surface area contributed by atoms with E-state index in [0.29, 0.717) is 21.7 Å². The molecule has 0 aliphatic carbocycles. The zero-order valence-electron chi connectivity index (χ0n) is 8.68. The summed E-state index contributed by atoms with van der Waals surface area (Å²) in [7, 11) is 0. The smallest absolute Gasteiger partial charge is 0.346 e. The zero-order valence-corrected chi connectivity index (χ0v) is 10.3. The molecule has 0 spiro atoms. The molecule has 0 radical (unpaired) electrons. The van der Waals surface area contributed by atoms with Crippen LogP contribution in [-0.2, 0) is 0 Å². The Bertz CT molecular complexity index is 444. The van der Waals surface area contributed by atoms with Gasteiger partial charge in [0.25, 0.3) is 0 Å². The predicted octanol–water partition coefficient (Wildman–Crippen LogP) is 2.04. The summed E-state index contributed by atoms with van der Waals surface area (Å²) < 4.78 is 0.582. The highest BCUT2D eigenvalue weighted by atomic mass is 35.5. The van der Waals surface area contributed by atoms with Crippen molar-refractivity contribution in [2.24, 2.45) is 10.7 Å². The number of aromatic nitrogens is 1. The van der Waals surface area contributed by atoms with Gasteiger partial charge in [0.1, 0.15) is 21.2 Å². The van der Waals surface area contributed by atoms with E-state index in [1.54, 1.807) is 11.1 Å². The Kier molecular flexibility index (Phi) is 3.11. The van der Waals surface area contributed by atoms with E-state index in [9.17, 15) is 4.79 Å². The Morgan fingerprint density at radius 1 is 1.69 bits per heavy atom. The average Bonchev–Trinajstić information content (AvgIpc) is 2.73. The lowest BCUT2D eigenvalue weighted by Gasteiger charge is -2.21. The number of carbonyl (C=O) groups is 1. The topological polar surface area (TPSA) is 71.6 Å². The SMILES string of the molecule is CCCN1C(=O)N=C(N)C1c1ncc(Cl)s1. The first-order chi connectivity index (χ1) is 7.63. The maximum Gasteiger partial charge on any atom is 0.346 e. The molecule has 2 rings (SSSR count). The molecule has 0 saturated carbocycles. The molecule has 0 aromatic carbocycles. The van der Waals surface area contributed by atoms with Crippen LogP contribution in [0.1, 0.15) is 24.4 Å². The molecule has 5 nitrogen and oxygen atoms in total. The molecule has 1 aromatic rings. The number of urea groups is 1. The van der Waals surface area contributed by atoms with Gasteiger partial charge in [-0.25, -0.2) is 9.78 Å². The number of hydrogen-bond donors (Lipinski definition) is 1. The number of hydrogen-bond acceptors (Lipinski definition) is 4. The molecule has 2 N–H and O–H groups in total. The fraction of sp³-hybridized carbons (Fsp3) is 0.444. The number of halogens is 1. The Labute approximate surface area is 102 Å². The fourth-order valence-corrected chi connectivity index (χ4v) is 2.68. The molecular formula is C9H11ClN4OS. The first-order valence-corrected chi connectivity index (χ1v) is 6.08. The molecule has 86 valence electrons. The van der Waals surface area contributed by atoms with Crippen molar-refractivity contribution in [3.05, 3.63) is 15.5 Å². The van der Waals surface area contributed by atoms with Crippen LogP contribution in [0.25, 0.3) is 0 Å². The van der Waals surface area contributed by atoms with Crippen molar-refractivity contribution in [2.75, 3.05) is 6.54 Å². The van der Waals surface area contributed by atoms with E-state index in [1.807, 2.05) is 6.92 Å².